The second-order valence-corrected chi connectivity index (χ2v) is 6.32. The number of likely N-dealkylation sites (tertiary alicyclic amines) is 1. The monoisotopic (exact) mass is 343 g/mol. The van der Waals surface area contributed by atoms with Crippen LogP contribution in [0, 0.1) is 10.1 Å². The second kappa shape index (κ2) is 7.43. The molecule has 1 aliphatic heterocycles. The van der Waals surface area contributed by atoms with Crippen LogP contribution in [0.1, 0.15) is 31.4 Å². The molecule has 0 bridgehead atoms. The number of aromatic amines is 1. The quantitative estimate of drug-likeness (QED) is 0.641. The first-order valence-corrected chi connectivity index (χ1v) is 8.33. The number of carbonyl (C=O) groups is 1. The van der Waals surface area contributed by atoms with Crippen LogP contribution in [0.15, 0.2) is 36.5 Å². The first-order chi connectivity index (χ1) is 12.0. The summed E-state index contributed by atoms with van der Waals surface area (Å²) in [7, 11) is 0. The minimum Gasteiger partial charge on any atom is -0.324 e. The number of hydrogen-bond donors (Lipinski definition) is 2. The molecule has 25 heavy (non-hydrogen) atoms. The van der Waals surface area contributed by atoms with Crippen molar-refractivity contribution < 1.29 is 9.72 Å². The number of nitro groups is 1. The summed E-state index contributed by atoms with van der Waals surface area (Å²) in [5.41, 5.74) is 1.49. The summed E-state index contributed by atoms with van der Waals surface area (Å²) in [4.78, 5) is 25.1. The molecule has 0 aliphatic carbocycles. The number of benzene rings is 1. The van der Waals surface area contributed by atoms with Crippen molar-refractivity contribution in [1.82, 2.24) is 15.1 Å². The van der Waals surface area contributed by atoms with E-state index in [0.29, 0.717) is 11.6 Å². The molecule has 2 unspecified atom stereocenters. The number of nitrogens with one attached hydrogen (secondary N) is 2. The van der Waals surface area contributed by atoms with Gasteiger partial charge in [0.2, 0.25) is 5.91 Å². The van der Waals surface area contributed by atoms with Crippen molar-refractivity contribution >= 4 is 17.3 Å². The summed E-state index contributed by atoms with van der Waals surface area (Å²) in [5, 5.41) is 20.6. The SMILES string of the molecule is CC(C(=O)Nc1cccc([N+](=O)[O-])c1)N1CCCC(c2ccn[nH]2)C1. The number of anilines is 1. The predicted molar refractivity (Wildman–Crippen MR) is 93.3 cm³/mol. The maximum Gasteiger partial charge on any atom is 0.271 e. The van der Waals surface area contributed by atoms with Crippen molar-refractivity contribution in [3.63, 3.8) is 0 Å². The zero-order valence-corrected chi connectivity index (χ0v) is 14.0. The van der Waals surface area contributed by atoms with Gasteiger partial charge in [-0.1, -0.05) is 6.07 Å². The normalized spacial score (nSPS) is 19.3. The standard InChI is InChI=1S/C17H21N5O3/c1-12(17(23)19-14-5-2-6-15(10-14)22(24)25)21-9-3-4-13(11-21)16-7-8-18-20-16/h2,5-8,10,12-13H,3-4,9,11H2,1H3,(H,18,20)(H,19,23). The van der Waals surface area contributed by atoms with E-state index in [1.165, 1.54) is 12.1 Å². The fourth-order valence-electron chi connectivity index (χ4n) is 3.22. The maximum absolute atomic E-state index is 12.5. The van der Waals surface area contributed by atoms with Gasteiger partial charge in [0.1, 0.15) is 0 Å². The molecule has 0 saturated carbocycles. The molecule has 1 amide bonds. The highest BCUT2D eigenvalue weighted by atomic mass is 16.6. The Morgan fingerprint density at radius 2 is 2.32 bits per heavy atom. The summed E-state index contributed by atoms with van der Waals surface area (Å²) in [6.45, 7) is 3.50. The molecule has 1 aromatic carbocycles. The number of aromatic nitrogens is 2. The zero-order valence-electron chi connectivity index (χ0n) is 14.0. The highest BCUT2D eigenvalue weighted by molar-refractivity contribution is 5.94. The molecule has 8 heteroatoms. The molecule has 1 saturated heterocycles. The molecule has 0 spiro atoms. The Bertz CT molecular complexity index is 747. The van der Waals surface area contributed by atoms with E-state index < -0.39 is 4.92 Å². The van der Waals surface area contributed by atoms with Gasteiger partial charge in [-0.3, -0.25) is 24.9 Å². The van der Waals surface area contributed by atoms with Gasteiger partial charge in [0.25, 0.3) is 5.69 Å². The highest BCUT2D eigenvalue weighted by Crippen LogP contribution is 2.26. The van der Waals surface area contributed by atoms with Crippen LogP contribution >= 0.6 is 0 Å². The summed E-state index contributed by atoms with van der Waals surface area (Å²) in [6.07, 6.45) is 3.82. The fraction of sp³-hybridized carbons (Fsp3) is 0.412. The average Bonchev–Trinajstić information content (AvgIpc) is 3.16. The Kier molecular flexibility index (Phi) is 5.08. The number of non-ortho nitro benzene ring substituents is 1. The second-order valence-electron chi connectivity index (χ2n) is 6.32. The number of H-pyrrole nitrogens is 1. The van der Waals surface area contributed by atoms with Crippen LogP contribution in [0.3, 0.4) is 0 Å². The summed E-state index contributed by atoms with van der Waals surface area (Å²) in [6, 6.07) is 7.65. The fourth-order valence-corrected chi connectivity index (χ4v) is 3.22. The van der Waals surface area contributed by atoms with Gasteiger partial charge < -0.3 is 5.32 Å². The molecular weight excluding hydrogens is 322 g/mol. The molecule has 1 aliphatic rings. The number of hydrogen-bond acceptors (Lipinski definition) is 5. The molecule has 1 fully saturated rings. The molecular formula is C17H21N5O3. The molecule has 8 nitrogen and oxygen atoms in total. The molecule has 3 rings (SSSR count). The number of amides is 1. The topological polar surface area (TPSA) is 104 Å². The van der Waals surface area contributed by atoms with Gasteiger partial charge in [-0.25, -0.2) is 0 Å². The summed E-state index contributed by atoms with van der Waals surface area (Å²) in [5.74, 6) is 0.176. The van der Waals surface area contributed by atoms with Crippen molar-refractivity contribution in [1.29, 1.82) is 0 Å². The Morgan fingerprint density at radius 3 is 3.04 bits per heavy atom. The molecule has 2 atom stereocenters. The van der Waals surface area contributed by atoms with Gasteiger partial charge in [0.05, 0.1) is 11.0 Å². The van der Waals surface area contributed by atoms with E-state index in [1.54, 1.807) is 18.3 Å². The number of rotatable bonds is 5. The van der Waals surface area contributed by atoms with Crippen molar-refractivity contribution in [3.05, 3.63) is 52.3 Å². The molecule has 0 radical (unpaired) electrons. The smallest absolute Gasteiger partial charge is 0.271 e. The Labute approximate surface area is 145 Å². The predicted octanol–water partition coefficient (Wildman–Crippen LogP) is 2.52. The van der Waals surface area contributed by atoms with Crippen molar-refractivity contribution in [2.24, 2.45) is 0 Å². The van der Waals surface area contributed by atoms with E-state index >= 15 is 0 Å². The van der Waals surface area contributed by atoms with Gasteiger partial charge in [-0.15, -0.1) is 0 Å². The Morgan fingerprint density at radius 1 is 1.48 bits per heavy atom. The minimum absolute atomic E-state index is 0.0391. The zero-order chi connectivity index (χ0) is 17.8. The van der Waals surface area contributed by atoms with Crippen molar-refractivity contribution in [2.45, 2.75) is 31.7 Å². The van der Waals surface area contributed by atoms with Crippen LogP contribution in [0.2, 0.25) is 0 Å². The van der Waals surface area contributed by atoms with Crippen LogP contribution < -0.4 is 5.32 Å². The van der Waals surface area contributed by atoms with Crippen LogP contribution in [0.4, 0.5) is 11.4 Å². The van der Waals surface area contributed by atoms with E-state index in [9.17, 15) is 14.9 Å². The third-order valence-electron chi connectivity index (χ3n) is 4.67. The van der Waals surface area contributed by atoms with Crippen LogP contribution in [-0.2, 0) is 4.79 Å². The first-order valence-electron chi connectivity index (χ1n) is 8.33. The van der Waals surface area contributed by atoms with Crippen molar-refractivity contribution in [3.8, 4) is 0 Å². The molecule has 2 heterocycles. The Balaban J connectivity index is 1.63. The summed E-state index contributed by atoms with van der Waals surface area (Å²) >= 11 is 0. The minimum atomic E-state index is -0.473. The van der Waals surface area contributed by atoms with Gasteiger partial charge in [0.15, 0.2) is 0 Å². The lowest BCUT2D eigenvalue weighted by molar-refractivity contribution is -0.384. The first kappa shape index (κ1) is 17.1. The van der Waals surface area contributed by atoms with Crippen LogP contribution in [0.5, 0.6) is 0 Å². The highest BCUT2D eigenvalue weighted by Gasteiger charge is 2.28. The van der Waals surface area contributed by atoms with E-state index in [1.807, 2.05) is 13.0 Å². The molecule has 1 aromatic heterocycles. The van der Waals surface area contributed by atoms with Gasteiger partial charge in [-0.2, -0.15) is 5.10 Å². The third-order valence-corrected chi connectivity index (χ3v) is 4.67. The lowest BCUT2D eigenvalue weighted by atomic mass is 9.94. The number of piperidine rings is 1. The molecule has 2 aromatic rings. The van der Waals surface area contributed by atoms with E-state index in [4.69, 9.17) is 0 Å². The van der Waals surface area contributed by atoms with Crippen LogP contribution in [0.25, 0.3) is 0 Å². The van der Waals surface area contributed by atoms with E-state index in [0.717, 1.165) is 31.6 Å². The maximum atomic E-state index is 12.5. The third kappa shape index (κ3) is 4.03. The van der Waals surface area contributed by atoms with Gasteiger partial charge in [-0.05, 0) is 38.4 Å². The summed E-state index contributed by atoms with van der Waals surface area (Å²) < 4.78 is 0. The van der Waals surface area contributed by atoms with E-state index in [2.05, 4.69) is 20.4 Å². The lowest BCUT2D eigenvalue weighted by Crippen LogP contribution is -2.46. The van der Waals surface area contributed by atoms with Crippen molar-refractivity contribution in [2.75, 3.05) is 18.4 Å². The molecule has 132 valence electrons. The van der Waals surface area contributed by atoms with Gasteiger partial charge in [0, 0.05) is 42.2 Å². The van der Waals surface area contributed by atoms with Gasteiger partial charge >= 0.3 is 0 Å². The Hall–Kier alpha value is -2.74. The number of nitro benzene ring substituents is 1. The molecule has 2 N–H and O–H groups in total. The number of nitrogens with zero attached hydrogens (tertiary/aromatic N) is 3. The average molecular weight is 343 g/mol. The van der Waals surface area contributed by atoms with E-state index in [-0.39, 0.29) is 17.6 Å². The van der Waals surface area contributed by atoms with Crippen LogP contribution in [-0.4, -0.2) is 45.1 Å². The lowest BCUT2D eigenvalue weighted by Gasteiger charge is -2.35. The number of carbonyl (C=O) groups excluding carboxylic acids is 1. The largest absolute Gasteiger partial charge is 0.324 e.